The highest BCUT2D eigenvalue weighted by atomic mass is 79.9. The average molecular weight is 489 g/mol. The standard InChI is InChI=1S/C26H21BrN2O3/c1-14-10-16(27)6-8-18(14)26(31)29-21-11-15(21)12-22(29)25(30)28-17-7-9-24-20(13-17)19-4-2-3-5-23(19)32-24/h2-10,13,15,21-22H,11-12H2,1H3,(H,28,30)/t15-,21-,22-/m1/s1. The van der Waals surface area contributed by atoms with Gasteiger partial charge in [0.05, 0.1) is 0 Å². The minimum absolute atomic E-state index is 0.0589. The second kappa shape index (κ2) is 7.20. The fourth-order valence-corrected chi connectivity index (χ4v) is 5.49. The molecule has 1 N–H and O–H groups in total. The summed E-state index contributed by atoms with van der Waals surface area (Å²) in [5.41, 5.74) is 3.88. The van der Waals surface area contributed by atoms with Crippen LogP contribution in [0.3, 0.4) is 0 Å². The zero-order chi connectivity index (χ0) is 22.0. The number of halogens is 1. The molecule has 160 valence electrons. The normalized spacial score (nSPS) is 21.7. The maximum Gasteiger partial charge on any atom is 0.255 e. The van der Waals surface area contributed by atoms with Gasteiger partial charge in [0.2, 0.25) is 5.91 Å². The zero-order valence-corrected chi connectivity index (χ0v) is 19.1. The van der Waals surface area contributed by atoms with E-state index in [1.54, 1.807) is 0 Å². The van der Waals surface area contributed by atoms with Crippen LogP contribution >= 0.6 is 15.9 Å². The van der Waals surface area contributed by atoms with Gasteiger partial charge in [0.1, 0.15) is 17.2 Å². The lowest BCUT2D eigenvalue weighted by Crippen LogP contribution is -2.45. The molecular formula is C26H21BrN2O3. The van der Waals surface area contributed by atoms with E-state index in [0.29, 0.717) is 23.6 Å². The van der Waals surface area contributed by atoms with E-state index >= 15 is 0 Å². The average Bonchev–Trinajstić information content (AvgIpc) is 3.28. The van der Waals surface area contributed by atoms with Crippen LogP contribution in [0.5, 0.6) is 0 Å². The molecule has 0 spiro atoms. The molecule has 2 fully saturated rings. The summed E-state index contributed by atoms with van der Waals surface area (Å²) in [6.45, 7) is 1.93. The number of nitrogens with zero attached hydrogens (tertiary/aromatic N) is 1. The van der Waals surface area contributed by atoms with E-state index in [4.69, 9.17) is 4.42 Å². The van der Waals surface area contributed by atoms with Crippen molar-refractivity contribution in [1.82, 2.24) is 4.90 Å². The van der Waals surface area contributed by atoms with Gasteiger partial charge >= 0.3 is 0 Å². The van der Waals surface area contributed by atoms with Crippen molar-refractivity contribution in [3.8, 4) is 0 Å². The monoisotopic (exact) mass is 488 g/mol. The molecule has 0 radical (unpaired) electrons. The molecule has 6 rings (SSSR count). The highest BCUT2D eigenvalue weighted by Crippen LogP contribution is 2.48. The number of aryl methyl sites for hydroxylation is 1. The van der Waals surface area contributed by atoms with E-state index in [1.165, 1.54) is 0 Å². The molecule has 4 aromatic rings. The second-order valence-electron chi connectivity index (χ2n) is 8.78. The van der Waals surface area contributed by atoms with Crippen LogP contribution < -0.4 is 5.32 Å². The number of carbonyl (C=O) groups excluding carboxylic acids is 2. The molecule has 1 aromatic heterocycles. The molecule has 1 saturated carbocycles. The third-order valence-electron chi connectivity index (χ3n) is 6.70. The van der Waals surface area contributed by atoms with Crippen molar-refractivity contribution in [3.63, 3.8) is 0 Å². The first-order valence-electron chi connectivity index (χ1n) is 10.8. The number of anilines is 1. The van der Waals surface area contributed by atoms with Crippen LogP contribution in [0.1, 0.15) is 28.8 Å². The fourth-order valence-electron chi connectivity index (χ4n) is 5.02. The Hall–Kier alpha value is -3.12. The van der Waals surface area contributed by atoms with Gasteiger partial charge < -0.3 is 14.6 Å². The number of hydrogen-bond acceptors (Lipinski definition) is 3. The lowest BCUT2D eigenvalue weighted by Gasteiger charge is -2.27. The number of para-hydroxylation sites is 1. The molecule has 6 heteroatoms. The number of benzene rings is 3. The Labute approximate surface area is 193 Å². The molecule has 1 aliphatic heterocycles. The second-order valence-corrected chi connectivity index (χ2v) is 9.70. The molecule has 32 heavy (non-hydrogen) atoms. The summed E-state index contributed by atoms with van der Waals surface area (Å²) in [7, 11) is 0. The van der Waals surface area contributed by atoms with Gasteiger partial charge in [-0.2, -0.15) is 0 Å². The number of fused-ring (bicyclic) bond motifs is 4. The van der Waals surface area contributed by atoms with Gasteiger partial charge in [0, 0.05) is 32.5 Å². The molecule has 2 heterocycles. The Kier molecular flexibility index (Phi) is 4.40. The Bertz CT molecular complexity index is 1410. The lowest BCUT2D eigenvalue weighted by molar-refractivity contribution is -0.120. The number of furan rings is 1. The first-order valence-corrected chi connectivity index (χ1v) is 11.6. The summed E-state index contributed by atoms with van der Waals surface area (Å²) in [6, 6.07) is 18.9. The fraction of sp³-hybridized carbons (Fsp3) is 0.231. The minimum atomic E-state index is -0.453. The highest BCUT2D eigenvalue weighted by molar-refractivity contribution is 9.10. The molecular weight excluding hydrogens is 468 g/mol. The van der Waals surface area contributed by atoms with E-state index in [1.807, 2.05) is 72.5 Å². The van der Waals surface area contributed by atoms with Crippen molar-refractivity contribution < 1.29 is 14.0 Å². The van der Waals surface area contributed by atoms with E-state index in [2.05, 4.69) is 21.2 Å². The van der Waals surface area contributed by atoms with Gasteiger partial charge in [-0.25, -0.2) is 0 Å². The molecule has 5 nitrogen and oxygen atoms in total. The summed E-state index contributed by atoms with van der Waals surface area (Å²) in [6.07, 6.45) is 1.70. The maximum absolute atomic E-state index is 13.4. The minimum Gasteiger partial charge on any atom is -0.456 e. The van der Waals surface area contributed by atoms with Crippen LogP contribution in [0.2, 0.25) is 0 Å². The van der Waals surface area contributed by atoms with Gasteiger partial charge in [0.25, 0.3) is 5.91 Å². The summed E-state index contributed by atoms with van der Waals surface area (Å²) in [4.78, 5) is 28.5. The van der Waals surface area contributed by atoms with Crippen LogP contribution in [-0.2, 0) is 4.79 Å². The number of nitrogens with one attached hydrogen (secondary N) is 1. The van der Waals surface area contributed by atoms with Crippen LogP contribution in [0.25, 0.3) is 21.9 Å². The summed E-state index contributed by atoms with van der Waals surface area (Å²) >= 11 is 3.45. The van der Waals surface area contributed by atoms with Crippen molar-refractivity contribution in [3.05, 3.63) is 76.3 Å². The van der Waals surface area contributed by atoms with Crippen LogP contribution in [-0.4, -0.2) is 28.8 Å². The molecule has 2 amide bonds. The van der Waals surface area contributed by atoms with Crippen molar-refractivity contribution >= 4 is 55.4 Å². The molecule has 0 unspecified atom stereocenters. The van der Waals surface area contributed by atoms with Crippen LogP contribution in [0.15, 0.2) is 69.6 Å². The maximum atomic E-state index is 13.4. The molecule has 0 bridgehead atoms. The third kappa shape index (κ3) is 3.13. The van der Waals surface area contributed by atoms with Crippen molar-refractivity contribution in [2.45, 2.75) is 31.8 Å². The van der Waals surface area contributed by atoms with Gasteiger partial charge in [-0.15, -0.1) is 0 Å². The topological polar surface area (TPSA) is 62.6 Å². The number of amides is 2. The Morgan fingerprint density at radius 3 is 2.66 bits per heavy atom. The highest BCUT2D eigenvalue weighted by Gasteiger charge is 2.56. The van der Waals surface area contributed by atoms with E-state index in [9.17, 15) is 9.59 Å². The molecule has 2 aliphatic rings. The van der Waals surface area contributed by atoms with E-state index in [-0.39, 0.29) is 17.9 Å². The molecule has 1 saturated heterocycles. The largest absolute Gasteiger partial charge is 0.456 e. The van der Waals surface area contributed by atoms with Crippen molar-refractivity contribution in [2.24, 2.45) is 5.92 Å². The van der Waals surface area contributed by atoms with Gasteiger partial charge in [-0.05, 0) is 73.7 Å². The van der Waals surface area contributed by atoms with Crippen molar-refractivity contribution in [1.29, 1.82) is 0 Å². The molecule has 3 aromatic carbocycles. The first-order chi connectivity index (χ1) is 15.5. The number of hydrogen-bond donors (Lipinski definition) is 1. The lowest BCUT2D eigenvalue weighted by atomic mass is 10.1. The Morgan fingerprint density at radius 2 is 1.81 bits per heavy atom. The van der Waals surface area contributed by atoms with Gasteiger partial charge in [-0.3, -0.25) is 9.59 Å². The van der Waals surface area contributed by atoms with Gasteiger partial charge in [0.15, 0.2) is 0 Å². The number of carbonyl (C=O) groups is 2. The summed E-state index contributed by atoms with van der Waals surface area (Å²) in [5.74, 6) is 0.231. The Morgan fingerprint density at radius 1 is 1.00 bits per heavy atom. The summed E-state index contributed by atoms with van der Waals surface area (Å²) < 4.78 is 6.82. The van der Waals surface area contributed by atoms with Gasteiger partial charge in [-0.1, -0.05) is 34.1 Å². The van der Waals surface area contributed by atoms with Crippen molar-refractivity contribution in [2.75, 3.05) is 5.32 Å². The SMILES string of the molecule is Cc1cc(Br)ccc1C(=O)N1[C@@H](C(=O)Nc2ccc3oc4ccccc4c3c2)C[C@H]2C[C@H]21. The number of piperidine rings is 1. The van der Waals surface area contributed by atoms with Crippen LogP contribution in [0, 0.1) is 12.8 Å². The predicted molar refractivity (Wildman–Crippen MR) is 128 cm³/mol. The molecule has 3 atom stereocenters. The van der Waals surface area contributed by atoms with E-state index in [0.717, 1.165) is 38.4 Å². The third-order valence-corrected chi connectivity index (χ3v) is 7.20. The van der Waals surface area contributed by atoms with Crippen LogP contribution in [0.4, 0.5) is 5.69 Å². The zero-order valence-electron chi connectivity index (χ0n) is 17.5. The number of likely N-dealkylation sites (tertiary alicyclic amines) is 1. The summed E-state index contributed by atoms with van der Waals surface area (Å²) in [5, 5.41) is 5.03. The van der Waals surface area contributed by atoms with E-state index < -0.39 is 6.04 Å². The molecule has 1 aliphatic carbocycles. The predicted octanol–water partition coefficient (Wildman–Crippen LogP) is 5.90. The quantitative estimate of drug-likeness (QED) is 0.390. The number of rotatable bonds is 3. The Balaban J connectivity index is 1.28. The smallest absolute Gasteiger partial charge is 0.255 e. The first kappa shape index (κ1) is 19.6.